The predicted molar refractivity (Wildman–Crippen MR) is 47.3 cm³/mol. The molecule has 0 saturated heterocycles. The van der Waals surface area contributed by atoms with Gasteiger partial charge in [0.05, 0.1) is 0 Å². The van der Waals surface area contributed by atoms with Crippen LogP contribution in [-0.4, -0.2) is 11.6 Å². The molecule has 0 radical (unpaired) electrons. The number of hydrogen-bond donors (Lipinski definition) is 1. The molecule has 0 aromatic heterocycles. The molecule has 0 fully saturated rings. The first-order chi connectivity index (χ1) is 4.96. The van der Waals surface area contributed by atoms with E-state index in [0.29, 0.717) is 0 Å². The molecular formula is C9H19F2N. The first kappa shape index (κ1) is 11.8. The topological polar surface area (TPSA) is 12.0 Å². The summed E-state index contributed by atoms with van der Waals surface area (Å²) in [5, 5.41) is 2.30. The Bertz CT molecular complexity index is 151. The lowest BCUT2D eigenvalue weighted by Gasteiger charge is -2.36. The Hall–Kier alpha value is -0.180. The maximum atomic E-state index is 13.3. The second kappa shape index (κ2) is 2.95. The zero-order valence-corrected chi connectivity index (χ0v) is 8.76. The highest BCUT2D eigenvalue weighted by atomic mass is 19.3. The molecule has 0 spiro atoms. The van der Waals surface area contributed by atoms with Crippen molar-refractivity contribution >= 4 is 0 Å². The first-order valence-corrected chi connectivity index (χ1v) is 4.13. The Balaban J connectivity index is 4.44. The van der Waals surface area contributed by atoms with E-state index >= 15 is 0 Å². The van der Waals surface area contributed by atoms with E-state index in [1.165, 1.54) is 20.8 Å². The molecule has 0 aliphatic rings. The van der Waals surface area contributed by atoms with Gasteiger partial charge in [-0.1, -0.05) is 20.8 Å². The molecular weight excluding hydrogens is 160 g/mol. The molecule has 3 heteroatoms. The summed E-state index contributed by atoms with van der Waals surface area (Å²) in [7, 11) is 0. The van der Waals surface area contributed by atoms with Gasteiger partial charge in [0.2, 0.25) is 0 Å². The average Bonchev–Trinajstić information content (AvgIpc) is 1.52. The molecule has 1 N–H and O–H groups in total. The summed E-state index contributed by atoms with van der Waals surface area (Å²) in [6.07, 6.45) is 0. The van der Waals surface area contributed by atoms with Crippen molar-refractivity contribution in [2.75, 3.05) is 0 Å². The Morgan fingerprint density at radius 3 is 1.25 bits per heavy atom. The summed E-state index contributed by atoms with van der Waals surface area (Å²) in [5.74, 6) is 0. The summed E-state index contributed by atoms with van der Waals surface area (Å²) >= 11 is 0. The second-order valence-electron chi connectivity index (χ2n) is 5.20. The Morgan fingerprint density at radius 2 is 1.17 bits per heavy atom. The zero-order chi connectivity index (χ0) is 10.2. The fourth-order valence-electron chi connectivity index (χ4n) is 0.658. The predicted octanol–water partition coefficient (Wildman–Crippen LogP) is 3.01. The Morgan fingerprint density at radius 1 is 0.833 bits per heavy atom. The van der Waals surface area contributed by atoms with E-state index < -0.39 is 17.0 Å². The van der Waals surface area contributed by atoms with Gasteiger partial charge < -0.3 is 0 Å². The molecule has 74 valence electrons. The van der Waals surface area contributed by atoms with Crippen LogP contribution in [0.25, 0.3) is 0 Å². The third kappa shape index (κ3) is 3.48. The van der Waals surface area contributed by atoms with Crippen molar-refractivity contribution in [1.29, 1.82) is 0 Å². The molecule has 0 atom stereocenters. The molecule has 12 heavy (non-hydrogen) atoms. The van der Waals surface area contributed by atoms with E-state index in [4.69, 9.17) is 0 Å². The van der Waals surface area contributed by atoms with Gasteiger partial charge in [0, 0.05) is 11.0 Å². The van der Waals surface area contributed by atoms with Crippen molar-refractivity contribution in [3.8, 4) is 0 Å². The third-order valence-corrected chi connectivity index (χ3v) is 1.47. The highest BCUT2D eigenvalue weighted by molar-refractivity contribution is 4.85. The van der Waals surface area contributed by atoms with Gasteiger partial charge in [-0.05, 0) is 20.8 Å². The van der Waals surface area contributed by atoms with Crippen LogP contribution in [0.4, 0.5) is 8.78 Å². The van der Waals surface area contributed by atoms with Crippen LogP contribution in [0, 0.1) is 5.41 Å². The molecule has 0 aromatic rings. The quantitative estimate of drug-likeness (QED) is 0.610. The molecule has 1 nitrogen and oxygen atoms in total. The molecule has 0 aliphatic heterocycles. The van der Waals surface area contributed by atoms with Crippen LogP contribution in [0.1, 0.15) is 41.5 Å². The maximum Gasteiger partial charge on any atom is 0.307 e. The van der Waals surface area contributed by atoms with Gasteiger partial charge >= 0.3 is 6.05 Å². The van der Waals surface area contributed by atoms with Gasteiger partial charge in [0.1, 0.15) is 0 Å². The smallest absolute Gasteiger partial charge is 0.253 e. The number of hydrogen-bond acceptors (Lipinski definition) is 1. The van der Waals surface area contributed by atoms with E-state index in [0.717, 1.165) is 0 Å². The molecule has 0 bridgehead atoms. The number of rotatable bonds is 1. The minimum Gasteiger partial charge on any atom is -0.253 e. The largest absolute Gasteiger partial charge is 0.307 e. The minimum absolute atomic E-state index is 0.559. The van der Waals surface area contributed by atoms with Crippen molar-refractivity contribution in [3.05, 3.63) is 0 Å². The van der Waals surface area contributed by atoms with Crippen LogP contribution >= 0.6 is 0 Å². The van der Waals surface area contributed by atoms with Crippen molar-refractivity contribution in [2.45, 2.75) is 53.1 Å². The van der Waals surface area contributed by atoms with E-state index in [9.17, 15) is 8.78 Å². The van der Waals surface area contributed by atoms with E-state index in [2.05, 4.69) is 5.32 Å². The van der Waals surface area contributed by atoms with Crippen molar-refractivity contribution < 1.29 is 8.78 Å². The summed E-state index contributed by atoms with van der Waals surface area (Å²) < 4.78 is 26.6. The summed E-state index contributed by atoms with van der Waals surface area (Å²) in [4.78, 5) is 0. The SMILES string of the molecule is CC(C)(C)NC(F)(F)C(C)(C)C. The molecule has 0 aliphatic carbocycles. The van der Waals surface area contributed by atoms with Gasteiger partial charge in [-0.25, -0.2) is 0 Å². The summed E-state index contributed by atoms with van der Waals surface area (Å²) in [6, 6.07) is -2.83. The van der Waals surface area contributed by atoms with Crippen LogP contribution in [0.5, 0.6) is 0 Å². The maximum absolute atomic E-state index is 13.3. The minimum atomic E-state index is -2.83. The summed E-state index contributed by atoms with van der Waals surface area (Å²) in [5.41, 5.74) is -1.60. The molecule has 0 unspecified atom stereocenters. The lowest BCUT2D eigenvalue weighted by molar-refractivity contribution is -0.139. The lowest BCUT2D eigenvalue weighted by atomic mass is 9.91. The molecule has 0 saturated carbocycles. The first-order valence-electron chi connectivity index (χ1n) is 4.13. The zero-order valence-electron chi connectivity index (χ0n) is 8.76. The number of alkyl halides is 2. The van der Waals surface area contributed by atoms with Gasteiger partial charge in [0.25, 0.3) is 0 Å². The van der Waals surface area contributed by atoms with Crippen LogP contribution in [0.15, 0.2) is 0 Å². The second-order valence-corrected chi connectivity index (χ2v) is 5.20. The lowest BCUT2D eigenvalue weighted by Crippen LogP contribution is -2.55. The normalized spacial score (nSPS) is 15.0. The summed E-state index contributed by atoms with van der Waals surface area (Å²) in [6.45, 7) is 9.75. The van der Waals surface area contributed by atoms with Gasteiger partial charge in [-0.2, -0.15) is 8.78 Å². The van der Waals surface area contributed by atoms with E-state index in [1.54, 1.807) is 20.8 Å². The standard InChI is InChI=1S/C9H19F2N/c1-7(2,3)9(10,11)12-8(4,5)6/h12H,1-6H3. The molecule has 0 rings (SSSR count). The van der Waals surface area contributed by atoms with E-state index in [-0.39, 0.29) is 0 Å². The van der Waals surface area contributed by atoms with Gasteiger partial charge in [-0.3, -0.25) is 5.32 Å². The average molecular weight is 179 g/mol. The van der Waals surface area contributed by atoms with E-state index in [1.807, 2.05) is 0 Å². The Labute approximate surface area is 73.5 Å². The van der Waals surface area contributed by atoms with Crippen LogP contribution in [0.2, 0.25) is 0 Å². The van der Waals surface area contributed by atoms with Crippen LogP contribution in [0.3, 0.4) is 0 Å². The van der Waals surface area contributed by atoms with Crippen LogP contribution in [-0.2, 0) is 0 Å². The molecule has 0 amide bonds. The number of nitrogens with one attached hydrogen (secondary N) is 1. The number of halogens is 2. The highest BCUT2D eigenvalue weighted by Gasteiger charge is 2.44. The fraction of sp³-hybridized carbons (Fsp3) is 1.00. The van der Waals surface area contributed by atoms with Gasteiger partial charge in [0.15, 0.2) is 0 Å². The van der Waals surface area contributed by atoms with Crippen molar-refractivity contribution in [3.63, 3.8) is 0 Å². The van der Waals surface area contributed by atoms with Crippen LogP contribution < -0.4 is 5.32 Å². The fourth-order valence-corrected chi connectivity index (χ4v) is 0.658. The third-order valence-electron chi connectivity index (χ3n) is 1.47. The highest BCUT2D eigenvalue weighted by Crippen LogP contribution is 2.34. The monoisotopic (exact) mass is 179 g/mol. The van der Waals surface area contributed by atoms with Gasteiger partial charge in [-0.15, -0.1) is 0 Å². The van der Waals surface area contributed by atoms with Crippen molar-refractivity contribution in [2.24, 2.45) is 5.41 Å². The molecule has 0 aromatic carbocycles. The molecule has 0 heterocycles. The van der Waals surface area contributed by atoms with Crippen molar-refractivity contribution in [1.82, 2.24) is 5.32 Å². The Kier molecular flexibility index (Phi) is 2.90.